The summed E-state index contributed by atoms with van der Waals surface area (Å²) in [6, 6.07) is 11.3. The van der Waals surface area contributed by atoms with Crippen LogP contribution >= 0.6 is 22.9 Å². The first-order valence-electron chi connectivity index (χ1n) is 7.82. The molecule has 2 aromatic carbocycles. The highest BCUT2D eigenvalue weighted by Gasteiger charge is 2.23. The Hall–Kier alpha value is -2.44. The molecule has 4 nitrogen and oxygen atoms in total. The van der Waals surface area contributed by atoms with Gasteiger partial charge in [-0.05, 0) is 49.1 Å². The van der Waals surface area contributed by atoms with E-state index in [2.05, 4.69) is 5.32 Å². The van der Waals surface area contributed by atoms with Crippen molar-refractivity contribution in [3.05, 3.63) is 63.7 Å². The van der Waals surface area contributed by atoms with E-state index in [1.807, 2.05) is 31.2 Å². The molecule has 0 bridgehead atoms. The second-order valence-electron chi connectivity index (χ2n) is 5.71. The quantitative estimate of drug-likeness (QED) is 0.623. The molecule has 0 fully saturated rings. The Kier molecular flexibility index (Phi) is 5.25. The highest BCUT2D eigenvalue weighted by molar-refractivity contribution is 7.21. The van der Waals surface area contributed by atoms with Crippen molar-refractivity contribution in [1.82, 2.24) is 0 Å². The number of carbonyl (C=O) groups excluding carboxylic acids is 2. The maximum Gasteiger partial charge on any atom is 0.349 e. The number of ether oxygens (including phenoxy) is 1. The Labute approximate surface area is 158 Å². The molecule has 26 heavy (non-hydrogen) atoms. The Balaban J connectivity index is 1.71. The van der Waals surface area contributed by atoms with Crippen LogP contribution in [0.3, 0.4) is 0 Å². The van der Waals surface area contributed by atoms with Crippen LogP contribution < -0.4 is 5.32 Å². The van der Waals surface area contributed by atoms with Gasteiger partial charge in [-0.1, -0.05) is 29.8 Å². The number of benzene rings is 2. The van der Waals surface area contributed by atoms with Gasteiger partial charge in [-0.25, -0.2) is 9.18 Å². The normalized spacial score (nSPS) is 12.0. The lowest BCUT2D eigenvalue weighted by Crippen LogP contribution is -2.30. The number of aryl methyl sites for hydroxylation is 1. The minimum Gasteiger partial charge on any atom is -0.448 e. The van der Waals surface area contributed by atoms with Gasteiger partial charge in [0, 0.05) is 4.70 Å². The smallest absolute Gasteiger partial charge is 0.349 e. The Morgan fingerprint density at radius 1 is 1.23 bits per heavy atom. The molecule has 134 valence electrons. The Morgan fingerprint density at radius 3 is 2.65 bits per heavy atom. The van der Waals surface area contributed by atoms with Crippen LogP contribution in [0.5, 0.6) is 0 Å². The van der Waals surface area contributed by atoms with Gasteiger partial charge in [0.05, 0.1) is 10.7 Å². The van der Waals surface area contributed by atoms with Gasteiger partial charge in [-0.15, -0.1) is 11.3 Å². The average molecular weight is 392 g/mol. The molecule has 0 saturated carbocycles. The van der Waals surface area contributed by atoms with Crippen molar-refractivity contribution in [2.75, 3.05) is 5.32 Å². The lowest BCUT2D eigenvalue weighted by atomic mass is 10.1. The molecular weight excluding hydrogens is 377 g/mol. The van der Waals surface area contributed by atoms with E-state index in [1.165, 1.54) is 30.4 Å². The third kappa shape index (κ3) is 3.71. The van der Waals surface area contributed by atoms with Crippen LogP contribution in [0, 0.1) is 12.7 Å². The standard InChI is InChI=1S/C19H15ClFNO3S/c1-10-13-5-3-4-6-16(13)26-17(10)19(24)25-11(2)18(23)22-15-8-7-12(21)9-14(15)20/h3-9,11H,1-2H3,(H,22,23)/t11-/m0/s1. The second-order valence-corrected chi connectivity index (χ2v) is 7.17. The van der Waals surface area contributed by atoms with E-state index in [0.29, 0.717) is 4.88 Å². The SMILES string of the molecule is Cc1c(C(=O)O[C@@H](C)C(=O)Nc2ccc(F)cc2Cl)sc2ccccc12. The minimum atomic E-state index is -1.03. The van der Waals surface area contributed by atoms with Crippen molar-refractivity contribution < 1.29 is 18.7 Å². The molecule has 7 heteroatoms. The second kappa shape index (κ2) is 7.43. The number of nitrogens with one attached hydrogen (secondary N) is 1. The molecule has 3 aromatic rings. The molecule has 0 aliphatic rings. The van der Waals surface area contributed by atoms with E-state index < -0.39 is 23.8 Å². The molecule has 1 aromatic heterocycles. The summed E-state index contributed by atoms with van der Waals surface area (Å²) in [6.07, 6.45) is -1.03. The number of amides is 1. The summed E-state index contributed by atoms with van der Waals surface area (Å²) >= 11 is 7.21. The van der Waals surface area contributed by atoms with Crippen molar-refractivity contribution >= 4 is 50.6 Å². The van der Waals surface area contributed by atoms with Gasteiger partial charge in [0.2, 0.25) is 0 Å². The highest BCUT2D eigenvalue weighted by atomic mass is 35.5. The maximum atomic E-state index is 13.1. The molecule has 1 N–H and O–H groups in total. The fourth-order valence-electron chi connectivity index (χ4n) is 2.46. The molecule has 0 saturated heterocycles. The predicted octanol–water partition coefficient (Wildman–Crippen LogP) is 5.19. The molecule has 3 rings (SSSR count). The summed E-state index contributed by atoms with van der Waals surface area (Å²) in [5, 5.41) is 3.58. The summed E-state index contributed by atoms with van der Waals surface area (Å²) in [5.74, 6) is -1.62. The van der Waals surface area contributed by atoms with E-state index in [-0.39, 0.29) is 10.7 Å². The largest absolute Gasteiger partial charge is 0.448 e. The van der Waals surface area contributed by atoms with Crippen LogP contribution in [0.2, 0.25) is 5.02 Å². The number of thiophene rings is 1. The lowest BCUT2D eigenvalue weighted by molar-refractivity contribution is -0.123. The molecule has 0 aliphatic carbocycles. The summed E-state index contributed by atoms with van der Waals surface area (Å²) in [6.45, 7) is 3.31. The van der Waals surface area contributed by atoms with Gasteiger partial charge in [0.1, 0.15) is 10.7 Å². The molecule has 0 spiro atoms. The molecular formula is C19H15ClFNO3S. The van der Waals surface area contributed by atoms with Gasteiger partial charge in [0.15, 0.2) is 6.10 Å². The summed E-state index contributed by atoms with van der Waals surface area (Å²) in [5.41, 5.74) is 1.07. The molecule has 0 unspecified atom stereocenters. The summed E-state index contributed by atoms with van der Waals surface area (Å²) in [4.78, 5) is 25.1. The number of fused-ring (bicyclic) bond motifs is 1. The van der Waals surface area contributed by atoms with Gasteiger partial charge < -0.3 is 10.1 Å². The van der Waals surface area contributed by atoms with Crippen molar-refractivity contribution in [2.45, 2.75) is 20.0 Å². The van der Waals surface area contributed by atoms with Crippen LogP contribution in [0.4, 0.5) is 10.1 Å². The minimum absolute atomic E-state index is 0.0669. The fraction of sp³-hybridized carbons (Fsp3) is 0.158. The monoisotopic (exact) mass is 391 g/mol. The number of hydrogen-bond donors (Lipinski definition) is 1. The Bertz CT molecular complexity index is 1000. The number of rotatable bonds is 4. The first-order valence-corrected chi connectivity index (χ1v) is 9.01. The van der Waals surface area contributed by atoms with Crippen LogP contribution in [0.1, 0.15) is 22.2 Å². The number of esters is 1. The topological polar surface area (TPSA) is 55.4 Å². The number of anilines is 1. The average Bonchev–Trinajstić information content (AvgIpc) is 2.94. The zero-order valence-corrected chi connectivity index (χ0v) is 15.6. The Morgan fingerprint density at radius 2 is 1.96 bits per heavy atom. The molecule has 1 heterocycles. The highest BCUT2D eigenvalue weighted by Crippen LogP contribution is 2.31. The van der Waals surface area contributed by atoms with Crippen LogP contribution in [-0.4, -0.2) is 18.0 Å². The zero-order valence-electron chi connectivity index (χ0n) is 14.0. The zero-order chi connectivity index (χ0) is 18.8. The summed E-state index contributed by atoms with van der Waals surface area (Å²) in [7, 11) is 0. The van der Waals surface area contributed by atoms with Crippen molar-refractivity contribution in [1.29, 1.82) is 0 Å². The maximum absolute atomic E-state index is 13.1. The first-order chi connectivity index (χ1) is 12.4. The van der Waals surface area contributed by atoms with E-state index in [9.17, 15) is 14.0 Å². The fourth-order valence-corrected chi connectivity index (χ4v) is 3.77. The lowest BCUT2D eigenvalue weighted by Gasteiger charge is -2.14. The number of halogens is 2. The number of hydrogen-bond acceptors (Lipinski definition) is 4. The van der Waals surface area contributed by atoms with E-state index in [0.717, 1.165) is 21.7 Å². The van der Waals surface area contributed by atoms with Gasteiger partial charge >= 0.3 is 5.97 Å². The van der Waals surface area contributed by atoms with E-state index in [1.54, 1.807) is 0 Å². The van der Waals surface area contributed by atoms with E-state index >= 15 is 0 Å². The predicted molar refractivity (Wildman–Crippen MR) is 101 cm³/mol. The first kappa shape index (κ1) is 18.4. The van der Waals surface area contributed by atoms with Crippen molar-refractivity contribution in [3.8, 4) is 0 Å². The van der Waals surface area contributed by atoms with Crippen LogP contribution in [-0.2, 0) is 9.53 Å². The molecule has 1 atom stereocenters. The molecule has 0 aliphatic heterocycles. The van der Waals surface area contributed by atoms with Crippen LogP contribution in [0.15, 0.2) is 42.5 Å². The summed E-state index contributed by atoms with van der Waals surface area (Å²) < 4.78 is 19.3. The van der Waals surface area contributed by atoms with Crippen molar-refractivity contribution in [2.24, 2.45) is 0 Å². The van der Waals surface area contributed by atoms with Gasteiger partial charge in [-0.2, -0.15) is 0 Å². The van der Waals surface area contributed by atoms with Gasteiger partial charge in [0.25, 0.3) is 5.91 Å². The third-order valence-electron chi connectivity index (χ3n) is 3.87. The third-order valence-corrected chi connectivity index (χ3v) is 5.44. The number of carbonyl (C=O) groups is 2. The van der Waals surface area contributed by atoms with Gasteiger partial charge in [-0.3, -0.25) is 4.79 Å². The van der Waals surface area contributed by atoms with Crippen LogP contribution in [0.25, 0.3) is 10.1 Å². The molecule has 1 amide bonds. The van der Waals surface area contributed by atoms with E-state index in [4.69, 9.17) is 16.3 Å². The van der Waals surface area contributed by atoms with Crippen molar-refractivity contribution in [3.63, 3.8) is 0 Å². The molecule has 0 radical (unpaired) electrons.